The molecule has 2 heterocycles. The maximum atomic E-state index is 13.2. The molecule has 0 N–H and O–H groups in total. The highest BCUT2D eigenvalue weighted by molar-refractivity contribution is 8.03. The molecule has 1 fully saturated rings. The molecule has 0 aromatic heterocycles. The molecule has 1 amide bonds. The number of methoxy groups -OCH3 is 3. The van der Waals surface area contributed by atoms with Gasteiger partial charge in [0.2, 0.25) is 5.91 Å². The molecule has 4 rings (SSSR count). The highest BCUT2D eigenvalue weighted by Crippen LogP contribution is 2.47. The Kier molecular flexibility index (Phi) is 6.40. The summed E-state index contributed by atoms with van der Waals surface area (Å²) in [6, 6.07) is 13.4. The van der Waals surface area contributed by atoms with Gasteiger partial charge in [-0.05, 0) is 24.3 Å². The van der Waals surface area contributed by atoms with Crippen LogP contribution in [0, 0.1) is 11.3 Å². The van der Waals surface area contributed by atoms with Crippen molar-refractivity contribution in [2.75, 3.05) is 38.8 Å². The largest absolute Gasteiger partial charge is 0.496 e. The Morgan fingerprint density at radius 3 is 2.47 bits per heavy atom. The third-order valence-corrected chi connectivity index (χ3v) is 6.97. The van der Waals surface area contributed by atoms with Gasteiger partial charge in [0.15, 0.2) is 11.5 Å². The number of nitriles is 1. The fraction of sp³-hybridized carbons (Fsp3) is 0.304. The summed E-state index contributed by atoms with van der Waals surface area (Å²) in [5.74, 6) is 1.69. The van der Waals surface area contributed by atoms with Gasteiger partial charge in [-0.15, -0.1) is 0 Å². The summed E-state index contributed by atoms with van der Waals surface area (Å²) in [7, 11) is 4.65. The SMILES string of the molecule is COc1cc(OC)c([C@H]2CC(=O)N3CN(c4cccc(Cl)c4)CSC3=C2C#N)cc1OC. The van der Waals surface area contributed by atoms with Crippen LogP contribution in [0.3, 0.4) is 0 Å². The molecule has 166 valence electrons. The average molecular weight is 472 g/mol. The van der Waals surface area contributed by atoms with Gasteiger partial charge in [-0.1, -0.05) is 29.4 Å². The van der Waals surface area contributed by atoms with Crippen molar-refractivity contribution in [1.29, 1.82) is 5.26 Å². The lowest BCUT2D eigenvalue weighted by Gasteiger charge is -2.42. The van der Waals surface area contributed by atoms with Crippen molar-refractivity contribution < 1.29 is 19.0 Å². The summed E-state index contributed by atoms with van der Waals surface area (Å²) in [4.78, 5) is 17.0. The predicted octanol–water partition coefficient (Wildman–Crippen LogP) is 4.59. The second-order valence-corrected chi connectivity index (χ2v) is 8.66. The molecule has 0 radical (unpaired) electrons. The second kappa shape index (κ2) is 9.23. The molecule has 0 aliphatic carbocycles. The maximum absolute atomic E-state index is 13.2. The molecular weight excluding hydrogens is 450 g/mol. The smallest absolute Gasteiger partial charge is 0.229 e. The molecule has 1 saturated heterocycles. The highest BCUT2D eigenvalue weighted by atomic mass is 35.5. The van der Waals surface area contributed by atoms with Crippen LogP contribution >= 0.6 is 23.4 Å². The Morgan fingerprint density at radius 1 is 1.09 bits per heavy atom. The topological polar surface area (TPSA) is 75.0 Å². The monoisotopic (exact) mass is 471 g/mol. The number of rotatable bonds is 5. The Balaban J connectivity index is 1.73. The molecule has 2 aliphatic heterocycles. The molecule has 7 nitrogen and oxygen atoms in total. The molecule has 32 heavy (non-hydrogen) atoms. The normalized spacial score (nSPS) is 18.2. The van der Waals surface area contributed by atoms with Crippen LogP contribution in [0.15, 0.2) is 47.0 Å². The van der Waals surface area contributed by atoms with Crippen molar-refractivity contribution in [3.8, 4) is 23.3 Å². The number of carbonyl (C=O) groups excluding carboxylic acids is 1. The van der Waals surface area contributed by atoms with Crippen molar-refractivity contribution in [2.24, 2.45) is 0 Å². The Hall–Kier alpha value is -3.02. The summed E-state index contributed by atoms with van der Waals surface area (Å²) >= 11 is 7.61. The number of hydrogen-bond acceptors (Lipinski definition) is 7. The summed E-state index contributed by atoms with van der Waals surface area (Å²) in [6.45, 7) is 0.364. The number of carbonyl (C=O) groups is 1. The molecule has 0 unspecified atom stereocenters. The number of amides is 1. The predicted molar refractivity (Wildman–Crippen MR) is 124 cm³/mol. The van der Waals surface area contributed by atoms with E-state index in [2.05, 4.69) is 11.0 Å². The molecular formula is C23H22ClN3O4S. The van der Waals surface area contributed by atoms with Gasteiger partial charge >= 0.3 is 0 Å². The molecule has 2 aromatic carbocycles. The number of nitrogens with zero attached hydrogens (tertiary/aromatic N) is 3. The molecule has 2 aliphatic rings. The van der Waals surface area contributed by atoms with Gasteiger partial charge in [0.05, 0.1) is 50.5 Å². The van der Waals surface area contributed by atoms with Gasteiger partial charge in [0.1, 0.15) is 5.75 Å². The van der Waals surface area contributed by atoms with E-state index < -0.39 is 5.92 Å². The first-order chi connectivity index (χ1) is 15.5. The second-order valence-electron chi connectivity index (χ2n) is 7.29. The van der Waals surface area contributed by atoms with E-state index in [9.17, 15) is 10.1 Å². The number of hydrogen-bond donors (Lipinski definition) is 0. The van der Waals surface area contributed by atoms with Crippen LogP contribution in [0.25, 0.3) is 0 Å². The summed E-state index contributed by atoms with van der Waals surface area (Å²) in [5.41, 5.74) is 2.20. The van der Waals surface area contributed by atoms with Gasteiger partial charge in [-0.2, -0.15) is 5.26 Å². The van der Waals surface area contributed by atoms with E-state index in [1.165, 1.54) is 11.8 Å². The van der Waals surface area contributed by atoms with Crippen LogP contribution in [-0.4, -0.2) is 44.7 Å². The highest BCUT2D eigenvalue weighted by Gasteiger charge is 2.39. The number of fused-ring (bicyclic) bond motifs is 1. The first-order valence-electron chi connectivity index (χ1n) is 9.88. The van der Waals surface area contributed by atoms with Gasteiger partial charge in [-0.3, -0.25) is 9.69 Å². The average Bonchev–Trinajstić information content (AvgIpc) is 2.82. The zero-order valence-corrected chi connectivity index (χ0v) is 19.5. The first-order valence-corrected chi connectivity index (χ1v) is 11.2. The van der Waals surface area contributed by atoms with Crippen LogP contribution in [0.1, 0.15) is 17.9 Å². The minimum absolute atomic E-state index is 0.0555. The van der Waals surface area contributed by atoms with E-state index in [-0.39, 0.29) is 12.3 Å². The van der Waals surface area contributed by atoms with Crippen LogP contribution in [0.4, 0.5) is 5.69 Å². The summed E-state index contributed by atoms with van der Waals surface area (Å²) < 4.78 is 16.4. The van der Waals surface area contributed by atoms with Crippen molar-refractivity contribution >= 4 is 35.0 Å². The van der Waals surface area contributed by atoms with Crippen molar-refractivity contribution in [3.05, 3.63) is 57.6 Å². The van der Waals surface area contributed by atoms with Crippen LogP contribution < -0.4 is 19.1 Å². The zero-order valence-electron chi connectivity index (χ0n) is 17.9. The quantitative estimate of drug-likeness (QED) is 0.631. The third kappa shape index (κ3) is 3.94. The Bertz CT molecular complexity index is 1130. The van der Waals surface area contributed by atoms with Crippen molar-refractivity contribution in [1.82, 2.24) is 4.90 Å². The van der Waals surface area contributed by atoms with E-state index in [0.29, 0.717) is 45.4 Å². The maximum Gasteiger partial charge on any atom is 0.229 e. The Morgan fingerprint density at radius 2 is 1.81 bits per heavy atom. The van der Waals surface area contributed by atoms with E-state index in [4.69, 9.17) is 25.8 Å². The number of halogens is 1. The number of benzene rings is 2. The van der Waals surface area contributed by atoms with E-state index in [1.807, 2.05) is 24.3 Å². The van der Waals surface area contributed by atoms with Crippen LogP contribution in [0.5, 0.6) is 17.2 Å². The lowest BCUT2D eigenvalue weighted by molar-refractivity contribution is -0.129. The summed E-state index contributed by atoms with van der Waals surface area (Å²) in [5, 5.41) is 11.4. The van der Waals surface area contributed by atoms with Crippen LogP contribution in [-0.2, 0) is 4.79 Å². The first kappa shape index (κ1) is 22.2. The fourth-order valence-electron chi connectivity index (χ4n) is 3.99. The molecule has 0 saturated carbocycles. The molecule has 2 aromatic rings. The van der Waals surface area contributed by atoms with Crippen molar-refractivity contribution in [3.63, 3.8) is 0 Å². The zero-order chi connectivity index (χ0) is 22.8. The molecule has 9 heteroatoms. The number of ether oxygens (including phenoxy) is 3. The Labute approximate surface area is 196 Å². The number of thioether (sulfide) groups is 1. The molecule has 1 atom stereocenters. The van der Waals surface area contributed by atoms with Crippen LogP contribution in [0.2, 0.25) is 5.02 Å². The van der Waals surface area contributed by atoms with Gasteiger partial charge in [-0.25, -0.2) is 0 Å². The third-order valence-electron chi connectivity index (χ3n) is 5.58. The van der Waals surface area contributed by atoms with E-state index in [0.717, 1.165) is 11.3 Å². The lowest BCUT2D eigenvalue weighted by Crippen LogP contribution is -2.47. The van der Waals surface area contributed by atoms with E-state index in [1.54, 1.807) is 38.4 Å². The lowest BCUT2D eigenvalue weighted by atomic mass is 9.85. The van der Waals surface area contributed by atoms with Gasteiger partial charge < -0.3 is 19.1 Å². The minimum atomic E-state index is -0.432. The van der Waals surface area contributed by atoms with Gasteiger partial charge in [0, 0.05) is 34.7 Å². The standard InChI is InChI=1S/C23H22ClN3O4S/c1-29-19-10-21(31-3)20(30-2)8-17(19)16-9-22(28)27-12-26(13-32-23(27)18(16)11-25)15-6-4-5-14(24)7-15/h4-8,10,16H,9,12-13H2,1-3H3/t16-/m1/s1. The molecule has 0 bridgehead atoms. The van der Waals surface area contributed by atoms with E-state index >= 15 is 0 Å². The summed E-state index contributed by atoms with van der Waals surface area (Å²) in [6.07, 6.45) is 0.155. The molecule has 0 spiro atoms. The minimum Gasteiger partial charge on any atom is -0.496 e. The number of allylic oxidation sites excluding steroid dienone is 1. The number of anilines is 1. The van der Waals surface area contributed by atoms with Gasteiger partial charge in [0.25, 0.3) is 0 Å². The van der Waals surface area contributed by atoms with Crippen molar-refractivity contribution in [2.45, 2.75) is 12.3 Å². The fourth-order valence-corrected chi connectivity index (χ4v) is 5.34.